The fourth-order valence-electron chi connectivity index (χ4n) is 2.64. The van der Waals surface area contributed by atoms with Gasteiger partial charge >= 0.3 is 0 Å². The first-order chi connectivity index (χ1) is 11.7. The minimum Gasteiger partial charge on any atom is -0.351 e. The van der Waals surface area contributed by atoms with Crippen LogP contribution in [0.1, 0.15) is 23.8 Å². The number of hydrogen-bond donors (Lipinski definition) is 1. The van der Waals surface area contributed by atoms with Gasteiger partial charge in [0.2, 0.25) is 5.91 Å². The van der Waals surface area contributed by atoms with E-state index in [9.17, 15) is 4.79 Å². The van der Waals surface area contributed by atoms with Crippen molar-refractivity contribution in [3.8, 4) is 0 Å². The highest BCUT2D eigenvalue weighted by atomic mass is 35.5. The van der Waals surface area contributed by atoms with Crippen molar-refractivity contribution >= 4 is 17.5 Å². The second-order valence-corrected chi connectivity index (χ2v) is 6.24. The van der Waals surface area contributed by atoms with E-state index in [4.69, 9.17) is 21.1 Å². The first-order valence-corrected chi connectivity index (χ1v) is 8.40. The van der Waals surface area contributed by atoms with Gasteiger partial charge in [-0.1, -0.05) is 54.1 Å². The molecule has 2 aromatic carbocycles. The Labute approximate surface area is 146 Å². The molecular weight excluding hydrogens is 326 g/mol. The van der Waals surface area contributed by atoms with Gasteiger partial charge in [-0.25, -0.2) is 0 Å². The van der Waals surface area contributed by atoms with Crippen LogP contribution in [0.5, 0.6) is 0 Å². The molecule has 2 atom stereocenters. The van der Waals surface area contributed by atoms with Gasteiger partial charge in [0.15, 0.2) is 6.29 Å². The summed E-state index contributed by atoms with van der Waals surface area (Å²) >= 11 is 5.90. The van der Waals surface area contributed by atoms with Gasteiger partial charge < -0.3 is 14.8 Å². The maximum atomic E-state index is 12.2. The molecule has 126 valence electrons. The summed E-state index contributed by atoms with van der Waals surface area (Å²) in [6.45, 7) is 0.956. The number of benzene rings is 2. The second kappa shape index (κ2) is 8.29. The Balaban J connectivity index is 1.52. The molecule has 3 rings (SSSR count). The van der Waals surface area contributed by atoms with E-state index in [0.29, 0.717) is 24.7 Å². The minimum absolute atomic E-state index is 0.000238. The minimum atomic E-state index is -0.418. The van der Waals surface area contributed by atoms with Gasteiger partial charge in [-0.15, -0.1) is 0 Å². The van der Waals surface area contributed by atoms with Crippen LogP contribution < -0.4 is 5.32 Å². The summed E-state index contributed by atoms with van der Waals surface area (Å²) in [5, 5.41) is 3.70. The first-order valence-electron chi connectivity index (χ1n) is 8.02. The number of ether oxygens (including phenoxy) is 2. The summed E-state index contributed by atoms with van der Waals surface area (Å²) in [5.74, 6) is -0.000238. The lowest BCUT2D eigenvalue weighted by Gasteiger charge is -2.17. The average Bonchev–Trinajstić information content (AvgIpc) is 2.82. The monoisotopic (exact) mass is 345 g/mol. The summed E-state index contributed by atoms with van der Waals surface area (Å²) in [7, 11) is 0. The Morgan fingerprint density at radius 1 is 1.08 bits per heavy atom. The molecule has 0 spiro atoms. The molecule has 4 nitrogen and oxygen atoms in total. The van der Waals surface area contributed by atoms with Crippen LogP contribution in [0, 0.1) is 0 Å². The van der Waals surface area contributed by atoms with Crippen LogP contribution in [0.3, 0.4) is 0 Å². The molecular formula is C19H20ClNO3. The van der Waals surface area contributed by atoms with Gasteiger partial charge in [0, 0.05) is 10.6 Å². The molecule has 1 heterocycles. The summed E-state index contributed by atoms with van der Waals surface area (Å²) in [4.78, 5) is 12.2. The zero-order valence-electron chi connectivity index (χ0n) is 13.3. The van der Waals surface area contributed by atoms with Crippen LogP contribution >= 0.6 is 11.6 Å². The van der Waals surface area contributed by atoms with Crippen molar-refractivity contribution < 1.29 is 14.3 Å². The van der Waals surface area contributed by atoms with Gasteiger partial charge in [0.25, 0.3) is 0 Å². The maximum Gasteiger partial charge on any atom is 0.224 e. The van der Waals surface area contributed by atoms with Crippen molar-refractivity contribution in [1.29, 1.82) is 0 Å². The standard InChI is InChI=1S/C19H20ClNO3/c20-16-8-6-15(7-9-16)19-23-11-10-17(13-24-19)21-18(22)12-14-4-2-1-3-5-14/h1-9,17,19H,10-13H2,(H,21,22)/t17-,19+/m0/s1. The highest BCUT2D eigenvalue weighted by Crippen LogP contribution is 2.24. The fraction of sp³-hybridized carbons (Fsp3) is 0.316. The molecule has 1 amide bonds. The Hall–Kier alpha value is -1.88. The third kappa shape index (κ3) is 4.81. The summed E-state index contributed by atoms with van der Waals surface area (Å²) < 4.78 is 11.6. The van der Waals surface area contributed by atoms with E-state index in [1.807, 2.05) is 54.6 Å². The SMILES string of the molecule is O=C(Cc1ccccc1)N[C@H]1CCO[C@@H](c2ccc(Cl)cc2)OC1. The predicted molar refractivity (Wildman–Crippen MR) is 92.8 cm³/mol. The van der Waals surface area contributed by atoms with Gasteiger partial charge in [0.05, 0.1) is 25.7 Å². The molecule has 0 aliphatic carbocycles. The van der Waals surface area contributed by atoms with Crippen molar-refractivity contribution in [1.82, 2.24) is 5.32 Å². The van der Waals surface area contributed by atoms with Crippen LogP contribution in [0.2, 0.25) is 5.02 Å². The highest BCUT2D eigenvalue weighted by molar-refractivity contribution is 6.30. The summed E-state index contributed by atoms with van der Waals surface area (Å²) in [6.07, 6.45) is 0.682. The lowest BCUT2D eigenvalue weighted by molar-refractivity contribution is -0.133. The zero-order valence-corrected chi connectivity index (χ0v) is 14.0. The summed E-state index contributed by atoms with van der Waals surface area (Å²) in [5.41, 5.74) is 1.93. The summed E-state index contributed by atoms with van der Waals surface area (Å²) in [6, 6.07) is 17.1. The quantitative estimate of drug-likeness (QED) is 0.922. The molecule has 0 saturated carbocycles. The number of nitrogens with one attached hydrogen (secondary N) is 1. The number of halogens is 1. The second-order valence-electron chi connectivity index (χ2n) is 5.80. The zero-order chi connectivity index (χ0) is 16.8. The molecule has 1 saturated heterocycles. The Kier molecular flexibility index (Phi) is 5.86. The van der Waals surface area contributed by atoms with Crippen molar-refractivity contribution in [3.05, 3.63) is 70.7 Å². The fourth-order valence-corrected chi connectivity index (χ4v) is 2.76. The van der Waals surface area contributed by atoms with E-state index in [-0.39, 0.29) is 11.9 Å². The van der Waals surface area contributed by atoms with E-state index in [1.54, 1.807) is 0 Å². The van der Waals surface area contributed by atoms with Crippen molar-refractivity contribution in [2.24, 2.45) is 0 Å². The molecule has 5 heteroatoms. The van der Waals surface area contributed by atoms with E-state index in [2.05, 4.69) is 5.32 Å². The number of carbonyl (C=O) groups is 1. The average molecular weight is 346 g/mol. The molecule has 0 radical (unpaired) electrons. The first kappa shape index (κ1) is 17.0. The lowest BCUT2D eigenvalue weighted by Crippen LogP contribution is -2.38. The van der Waals surface area contributed by atoms with Gasteiger partial charge in [-0.3, -0.25) is 4.79 Å². The van der Waals surface area contributed by atoms with Gasteiger partial charge in [-0.2, -0.15) is 0 Å². The smallest absolute Gasteiger partial charge is 0.224 e. The lowest BCUT2D eigenvalue weighted by atomic mass is 10.1. The Morgan fingerprint density at radius 2 is 1.83 bits per heavy atom. The number of rotatable bonds is 4. The molecule has 0 aromatic heterocycles. The molecule has 1 N–H and O–H groups in total. The van der Waals surface area contributed by atoms with Gasteiger partial charge in [0.1, 0.15) is 0 Å². The van der Waals surface area contributed by atoms with Crippen molar-refractivity contribution in [2.45, 2.75) is 25.2 Å². The third-order valence-electron chi connectivity index (χ3n) is 3.90. The molecule has 0 unspecified atom stereocenters. The topological polar surface area (TPSA) is 47.6 Å². The third-order valence-corrected chi connectivity index (χ3v) is 4.15. The number of carbonyl (C=O) groups excluding carboxylic acids is 1. The van der Waals surface area contributed by atoms with Crippen molar-refractivity contribution in [3.63, 3.8) is 0 Å². The predicted octanol–water partition coefficient (Wildman–Crippen LogP) is 3.50. The van der Waals surface area contributed by atoms with Crippen molar-refractivity contribution in [2.75, 3.05) is 13.2 Å². The molecule has 1 aliphatic rings. The number of hydrogen-bond acceptors (Lipinski definition) is 3. The molecule has 24 heavy (non-hydrogen) atoms. The van der Waals surface area contributed by atoms with E-state index >= 15 is 0 Å². The normalized spacial score (nSPS) is 21.0. The molecule has 1 aliphatic heterocycles. The van der Waals surface area contributed by atoms with Crippen LogP contribution in [-0.2, 0) is 20.7 Å². The molecule has 2 aromatic rings. The highest BCUT2D eigenvalue weighted by Gasteiger charge is 2.22. The molecule has 1 fully saturated rings. The van der Waals surface area contributed by atoms with Gasteiger partial charge in [-0.05, 0) is 24.1 Å². The Bertz CT molecular complexity index is 660. The van der Waals surface area contributed by atoms with Crippen LogP contribution in [-0.4, -0.2) is 25.2 Å². The van der Waals surface area contributed by atoms with Crippen LogP contribution in [0.25, 0.3) is 0 Å². The maximum absolute atomic E-state index is 12.2. The van der Waals surface area contributed by atoms with E-state index < -0.39 is 6.29 Å². The molecule has 0 bridgehead atoms. The Morgan fingerprint density at radius 3 is 2.58 bits per heavy atom. The van der Waals surface area contributed by atoms with Crippen LogP contribution in [0.4, 0.5) is 0 Å². The number of amides is 1. The van der Waals surface area contributed by atoms with E-state index in [1.165, 1.54) is 0 Å². The van der Waals surface area contributed by atoms with E-state index in [0.717, 1.165) is 17.5 Å². The van der Waals surface area contributed by atoms with Crippen LogP contribution in [0.15, 0.2) is 54.6 Å². The largest absolute Gasteiger partial charge is 0.351 e.